The van der Waals surface area contributed by atoms with Crippen LogP contribution >= 0.6 is 15.9 Å². The maximum absolute atomic E-state index is 12.3. The molecule has 0 saturated heterocycles. The van der Waals surface area contributed by atoms with Gasteiger partial charge in [0.2, 0.25) is 0 Å². The Labute approximate surface area is 132 Å². The van der Waals surface area contributed by atoms with Gasteiger partial charge in [-0.2, -0.15) is 0 Å². The standard InChI is InChI=1S/C15H16BrN3O2/c1-19(2)13-6-7-17-9-12(13)18-15(20)10-4-5-14(21-3)11(16)8-10/h4-9H,1-3H3,(H,18,20). The van der Waals surface area contributed by atoms with Gasteiger partial charge in [0.05, 0.1) is 29.2 Å². The average Bonchev–Trinajstić information content (AvgIpc) is 2.47. The molecule has 0 atom stereocenters. The van der Waals surface area contributed by atoms with Gasteiger partial charge in [-0.1, -0.05) is 0 Å². The van der Waals surface area contributed by atoms with Gasteiger partial charge in [-0.3, -0.25) is 9.78 Å². The van der Waals surface area contributed by atoms with Crippen LogP contribution in [0.2, 0.25) is 0 Å². The van der Waals surface area contributed by atoms with Crippen LogP contribution in [0.25, 0.3) is 0 Å². The first-order valence-electron chi connectivity index (χ1n) is 6.29. The number of carbonyl (C=O) groups excluding carboxylic acids is 1. The summed E-state index contributed by atoms with van der Waals surface area (Å²) in [5, 5.41) is 2.87. The zero-order valence-electron chi connectivity index (χ0n) is 12.1. The Morgan fingerprint density at radius 1 is 1.33 bits per heavy atom. The Morgan fingerprint density at radius 2 is 2.10 bits per heavy atom. The van der Waals surface area contributed by atoms with Crippen molar-refractivity contribution in [3.8, 4) is 5.75 Å². The molecule has 1 amide bonds. The van der Waals surface area contributed by atoms with Crippen LogP contribution in [0, 0.1) is 0 Å². The van der Waals surface area contributed by atoms with Gasteiger partial charge in [-0.05, 0) is 40.2 Å². The van der Waals surface area contributed by atoms with Crippen molar-refractivity contribution in [2.45, 2.75) is 0 Å². The molecule has 2 aromatic rings. The summed E-state index contributed by atoms with van der Waals surface area (Å²) < 4.78 is 5.89. The van der Waals surface area contributed by atoms with E-state index in [4.69, 9.17) is 4.74 Å². The lowest BCUT2D eigenvalue weighted by molar-refractivity contribution is 0.102. The number of nitrogens with one attached hydrogen (secondary N) is 1. The first-order chi connectivity index (χ1) is 10.0. The number of benzene rings is 1. The van der Waals surface area contributed by atoms with Crippen molar-refractivity contribution in [3.63, 3.8) is 0 Å². The van der Waals surface area contributed by atoms with Crippen molar-refractivity contribution in [1.82, 2.24) is 4.98 Å². The van der Waals surface area contributed by atoms with Crippen molar-refractivity contribution in [2.75, 3.05) is 31.4 Å². The van der Waals surface area contributed by atoms with E-state index in [9.17, 15) is 4.79 Å². The molecular formula is C15H16BrN3O2. The third-order valence-electron chi connectivity index (χ3n) is 2.94. The molecule has 0 bridgehead atoms. The van der Waals surface area contributed by atoms with E-state index in [-0.39, 0.29) is 5.91 Å². The lowest BCUT2D eigenvalue weighted by Gasteiger charge is -2.17. The highest BCUT2D eigenvalue weighted by Crippen LogP contribution is 2.27. The van der Waals surface area contributed by atoms with Gasteiger partial charge in [-0.25, -0.2) is 0 Å². The van der Waals surface area contributed by atoms with E-state index in [1.54, 1.807) is 37.7 Å². The summed E-state index contributed by atoms with van der Waals surface area (Å²) in [5.74, 6) is 0.483. The number of hydrogen-bond acceptors (Lipinski definition) is 4. The summed E-state index contributed by atoms with van der Waals surface area (Å²) in [4.78, 5) is 18.3. The molecule has 0 aliphatic carbocycles. The van der Waals surface area contributed by atoms with Gasteiger partial charge in [-0.15, -0.1) is 0 Å². The van der Waals surface area contributed by atoms with E-state index in [1.807, 2.05) is 25.1 Å². The number of nitrogens with zero attached hydrogens (tertiary/aromatic N) is 2. The van der Waals surface area contributed by atoms with Crippen molar-refractivity contribution < 1.29 is 9.53 Å². The average molecular weight is 350 g/mol. The fourth-order valence-electron chi connectivity index (χ4n) is 1.88. The molecule has 0 saturated carbocycles. The smallest absolute Gasteiger partial charge is 0.255 e. The molecule has 21 heavy (non-hydrogen) atoms. The normalized spacial score (nSPS) is 10.1. The van der Waals surface area contributed by atoms with Crippen LogP contribution in [-0.2, 0) is 0 Å². The van der Waals surface area contributed by atoms with Crippen molar-refractivity contribution >= 4 is 33.2 Å². The number of halogens is 1. The number of aromatic nitrogens is 1. The minimum atomic E-state index is -0.200. The Morgan fingerprint density at radius 3 is 2.71 bits per heavy atom. The topological polar surface area (TPSA) is 54.5 Å². The zero-order chi connectivity index (χ0) is 15.4. The fourth-order valence-corrected chi connectivity index (χ4v) is 2.42. The predicted molar refractivity (Wildman–Crippen MR) is 87.2 cm³/mol. The summed E-state index contributed by atoms with van der Waals surface area (Å²) in [6.45, 7) is 0. The van der Waals surface area contributed by atoms with Crippen molar-refractivity contribution in [1.29, 1.82) is 0 Å². The minimum Gasteiger partial charge on any atom is -0.496 e. The highest BCUT2D eigenvalue weighted by Gasteiger charge is 2.12. The molecule has 6 heteroatoms. The largest absolute Gasteiger partial charge is 0.496 e. The number of pyridine rings is 1. The first kappa shape index (κ1) is 15.3. The number of carbonyl (C=O) groups is 1. The first-order valence-corrected chi connectivity index (χ1v) is 7.08. The number of rotatable bonds is 4. The molecule has 5 nitrogen and oxygen atoms in total. The summed E-state index contributed by atoms with van der Waals surface area (Å²) in [5.41, 5.74) is 2.10. The number of anilines is 2. The molecule has 0 fully saturated rings. The summed E-state index contributed by atoms with van der Waals surface area (Å²) >= 11 is 3.37. The predicted octanol–water partition coefficient (Wildman–Crippen LogP) is 3.17. The molecule has 1 aromatic carbocycles. The number of hydrogen-bond donors (Lipinski definition) is 1. The summed E-state index contributed by atoms with van der Waals surface area (Å²) in [7, 11) is 5.41. The van der Waals surface area contributed by atoms with Crippen LogP contribution in [-0.4, -0.2) is 32.1 Å². The second kappa shape index (κ2) is 6.58. The molecule has 1 N–H and O–H groups in total. The van der Waals surface area contributed by atoms with E-state index >= 15 is 0 Å². The lowest BCUT2D eigenvalue weighted by atomic mass is 10.2. The van der Waals surface area contributed by atoms with Gasteiger partial charge >= 0.3 is 0 Å². The van der Waals surface area contributed by atoms with Crippen LogP contribution in [0.3, 0.4) is 0 Å². The molecule has 0 unspecified atom stereocenters. The Bertz CT molecular complexity index is 659. The molecule has 1 heterocycles. The number of ether oxygens (including phenoxy) is 1. The maximum atomic E-state index is 12.3. The van der Waals surface area contributed by atoms with Gasteiger partial charge in [0.15, 0.2) is 0 Å². The molecular weight excluding hydrogens is 334 g/mol. The Kier molecular flexibility index (Phi) is 4.80. The molecule has 0 aliphatic rings. The van der Waals surface area contributed by atoms with Gasteiger partial charge in [0, 0.05) is 25.9 Å². The van der Waals surface area contributed by atoms with E-state index in [2.05, 4.69) is 26.2 Å². The summed E-state index contributed by atoms with van der Waals surface area (Å²) in [6, 6.07) is 7.03. The van der Waals surface area contributed by atoms with Crippen LogP contribution < -0.4 is 15.0 Å². The molecule has 0 radical (unpaired) electrons. The molecule has 0 aliphatic heterocycles. The van der Waals surface area contributed by atoms with Crippen molar-refractivity contribution in [2.24, 2.45) is 0 Å². The van der Waals surface area contributed by atoms with Gasteiger partial charge in [0.25, 0.3) is 5.91 Å². The lowest BCUT2D eigenvalue weighted by Crippen LogP contribution is -2.17. The molecule has 1 aromatic heterocycles. The zero-order valence-corrected chi connectivity index (χ0v) is 13.6. The van der Waals surface area contributed by atoms with Crippen LogP contribution in [0.15, 0.2) is 41.1 Å². The SMILES string of the molecule is COc1ccc(C(=O)Nc2cnccc2N(C)C)cc1Br. The second-order valence-corrected chi connectivity index (χ2v) is 5.45. The fraction of sp³-hybridized carbons (Fsp3) is 0.200. The second-order valence-electron chi connectivity index (χ2n) is 4.59. The molecule has 2 rings (SSSR count). The quantitative estimate of drug-likeness (QED) is 0.920. The van der Waals surface area contributed by atoms with E-state index < -0.39 is 0 Å². The molecule has 110 valence electrons. The Balaban J connectivity index is 2.24. The van der Waals surface area contributed by atoms with Crippen LogP contribution in [0.4, 0.5) is 11.4 Å². The van der Waals surface area contributed by atoms with Crippen molar-refractivity contribution in [3.05, 3.63) is 46.7 Å². The highest BCUT2D eigenvalue weighted by molar-refractivity contribution is 9.10. The van der Waals surface area contributed by atoms with Gasteiger partial charge < -0.3 is 15.0 Å². The Hall–Kier alpha value is -2.08. The minimum absolute atomic E-state index is 0.200. The maximum Gasteiger partial charge on any atom is 0.255 e. The third kappa shape index (κ3) is 3.52. The third-order valence-corrected chi connectivity index (χ3v) is 3.56. The summed E-state index contributed by atoms with van der Waals surface area (Å²) in [6.07, 6.45) is 3.32. The number of methoxy groups -OCH3 is 1. The van der Waals surface area contributed by atoms with Crippen LogP contribution in [0.1, 0.15) is 10.4 Å². The monoisotopic (exact) mass is 349 g/mol. The van der Waals surface area contributed by atoms with E-state index in [1.165, 1.54) is 0 Å². The van der Waals surface area contributed by atoms with E-state index in [0.717, 1.165) is 10.2 Å². The number of amides is 1. The molecule has 0 spiro atoms. The van der Waals surface area contributed by atoms with Gasteiger partial charge in [0.1, 0.15) is 5.75 Å². The highest BCUT2D eigenvalue weighted by atomic mass is 79.9. The van der Waals surface area contributed by atoms with Crippen LogP contribution in [0.5, 0.6) is 5.75 Å². The van der Waals surface area contributed by atoms with E-state index in [0.29, 0.717) is 17.0 Å².